The van der Waals surface area contributed by atoms with Gasteiger partial charge in [0.05, 0.1) is 0 Å². The molecule has 1 aliphatic rings. The van der Waals surface area contributed by atoms with Gasteiger partial charge in [-0.1, -0.05) is 0 Å². The fraction of sp³-hybridized carbons (Fsp3) is 0.429. The molecule has 1 aliphatic carbocycles. The maximum Gasteiger partial charge on any atom is 0.227 e. The molecule has 1 amide bonds. The van der Waals surface area contributed by atoms with Crippen LogP contribution in [0.4, 0.5) is 5.69 Å². The molecule has 2 atom stereocenters. The topological polar surface area (TPSA) is 81.2 Å². The van der Waals surface area contributed by atoms with Crippen LogP contribution in [0.15, 0.2) is 22.6 Å². The van der Waals surface area contributed by atoms with Crippen LogP contribution in [0, 0.1) is 12.8 Å². The number of nitrogens with zero attached hydrogens (tertiary/aromatic N) is 1. The molecule has 1 aromatic carbocycles. The van der Waals surface area contributed by atoms with E-state index in [2.05, 4.69) is 10.3 Å². The minimum atomic E-state index is 0. The van der Waals surface area contributed by atoms with Crippen LogP contribution >= 0.6 is 24.8 Å². The third-order valence-corrected chi connectivity index (χ3v) is 3.61. The molecule has 3 rings (SSSR count). The van der Waals surface area contributed by atoms with Gasteiger partial charge in [-0.25, -0.2) is 4.98 Å². The van der Waals surface area contributed by atoms with Gasteiger partial charge < -0.3 is 15.5 Å². The van der Waals surface area contributed by atoms with Gasteiger partial charge in [-0.3, -0.25) is 4.79 Å². The molecule has 7 heteroatoms. The zero-order valence-corrected chi connectivity index (χ0v) is 13.3. The van der Waals surface area contributed by atoms with Crippen molar-refractivity contribution in [1.82, 2.24) is 4.98 Å². The van der Waals surface area contributed by atoms with Crippen LogP contribution in [0.3, 0.4) is 0 Å². The number of hydrogen-bond donors (Lipinski definition) is 2. The summed E-state index contributed by atoms with van der Waals surface area (Å²) < 4.78 is 5.45. The van der Waals surface area contributed by atoms with Crippen LogP contribution in [0.25, 0.3) is 11.1 Å². The molecule has 116 valence electrons. The summed E-state index contributed by atoms with van der Waals surface area (Å²) in [5, 5.41) is 2.92. The van der Waals surface area contributed by atoms with Gasteiger partial charge >= 0.3 is 0 Å². The van der Waals surface area contributed by atoms with Gasteiger partial charge in [0.2, 0.25) is 5.91 Å². The quantitative estimate of drug-likeness (QED) is 0.886. The molecule has 0 aliphatic heterocycles. The van der Waals surface area contributed by atoms with E-state index in [1.807, 2.05) is 18.2 Å². The van der Waals surface area contributed by atoms with Crippen molar-refractivity contribution in [2.24, 2.45) is 11.7 Å². The summed E-state index contributed by atoms with van der Waals surface area (Å²) in [7, 11) is 0. The maximum absolute atomic E-state index is 12.1. The van der Waals surface area contributed by atoms with Crippen LogP contribution in [-0.4, -0.2) is 16.9 Å². The molecular formula is C14H19Cl2N3O2. The molecule has 1 saturated carbocycles. The van der Waals surface area contributed by atoms with Crippen molar-refractivity contribution in [3.05, 3.63) is 24.1 Å². The molecule has 0 bridgehead atoms. The van der Waals surface area contributed by atoms with Crippen molar-refractivity contribution in [2.45, 2.75) is 32.2 Å². The number of nitrogens with one attached hydrogen (secondary N) is 1. The van der Waals surface area contributed by atoms with Gasteiger partial charge in [-0.2, -0.15) is 0 Å². The molecule has 0 spiro atoms. The van der Waals surface area contributed by atoms with Gasteiger partial charge in [-0.05, 0) is 31.4 Å². The van der Waals surface area contributed by atoms with E-state index in [4.69, 9.17) is 10.2 Å². The third kappa shape index (κ3) is 3.87. The summed E-state index contributed by atoms with van der Waals surface area (Å²) in [5.41, 5.74) is 8.07. The summed E-state index contributed by atoms with van der Waals surface area (Å²) in [6.45, 7) is 1.80. The molecule has 2 unspecified atom stereocenters. The van der Waals surface area contributed by atoms with E-state index in [1.54, 1.807) is 6.92 Å². The number of amides is 1. The van der Waals surface area contributed by atoms with Crippen LogP contribution < -0.4 is 11.1 Å². The number of fused-ring (bicyclic) bond motifs is 1. The van der Waals surface area contributed by atoms with Gasteiger partial charge in [0.15, 0.2) is 11.5 Å². The number of aryl methyl sites for hydroxylation is 1. The van der Waals surface area contributed by atoms with E-state index in [-0.39, 0.29) is 42.7 Å². The molecular weight excluding hydrogens is 313 g/mol. The van der Waals surface area contributed by atoms with Crippen molar-refractivity contribution in [3.8, 4) is 0 Å². The minimum Gasteiger partial charge on any atom is -0.441 e. The average molecular weight is 332 g/mol. The largest absolute Gasteiger partial charge is 0.441 e. The second-order valence-electron chi connectivity index (χ2n) is 5.17. The molecule has 21 heavy (non-hydrogen) atoms. The highest BCUT2D eigenvalue weighted by molar-refractivity contribution is 5.94. The standard InChI is InChI=1S/C14H17N3O2.2ClH/c1-8-16-12-5-4-11(7-13(12)19-8)17-14(18)9-2-3-10(15)6-9;;/h4-5,7,9-10H,2-3,6,15H2,1H3,(H,17,18);2*1H. The molecule has 1 fully saturated rings. The highest BCUT2D eigenvalue weighted by atomic mass is 35.5. The number of oxazole rings is 1. The first kappa shape index (κ1) is 17.8. The number of halogens is 2. The Hall–Kier alpha value is -1.30. The fourth-order valence-electron chi connectivity index (χ4n) is 2.62. The number of rotatable bonds is 2. The number of carbonyl (C=O) groups is 1. The fourth-order valence-corrected chi connectivity index (χ4v) is 2.62. The Balaban J connectivity index is 0.00000110. The predicted octanol–water partition coefficient (Wildman–Crippen LogP) is 3.05. The SMILES string of the molecule is Cc1nc2ccc(NC(=O)C3CCC(N)C3)cc2o1.Cl.Cl. The van der Waals surface area contributed by atoms with Crippen LogP contribution in [0.1, 0.15) is 25.2 Å². The van der Waals surface area contributed by atoms with Crippen molar-refractivity contribution in [1.29, 1.82) is 0 Å². The van der Waals surface area contributed by atoms with Crippen molar-refractivity contribution >= 4 is 47.5 Å². The molecule has 3 N–H and O–H groups in total. The van der Waals surface area contributed by atoms with Gasteiger partial charge in [0, 0.05) is 30.6 Å². The molecule has 1 heterocycles. The monoisotopic (exact) mass is 331 g/mol. The molecule has 5 nitrogen and oxygen atoms in total. The van der Waals surface area contributed by atoms with Crippen molar-refractivity contribution in [3.63, 3.8) is 0 Å². The highest BCUT2D eigenvalue weighted by Crippen LogP contribution is 2.26. The summed E-state index contributed by atoms with van der Waals surface area (Å²) in [6, 6.07) is 5.66. The number of benzene rings is 1. The van der Waals surface area contributed by atoms with Crippen LogP contribution in [0.2, 0.25) is 0 Å². The van der Waals surface area contributed by atoms with Crippen molar-refractivity contribution in [2.75, 3.05) is 5.32 Å². The molecule has 0 radical (unpaired) electrons. The first-order valence-electron chi connectivity index (χ1n) is 6.55. The zero-order valence-electron chi connectivity index (χ0n) is 11.7. The van der Waals surface area contributed by atoms with E-state index in [9.17, 15) is 4.79 Å². The minimum absolute atomic E-state index is 0. The van der Waals surface area contributed by atoms with Gasteiger partial charge in [-0.15, -0.1) is 24.8 Å². The lowest BCUT2D eigenvalue weighted by atomic mass is 10.1. The molecule has 1 aromatic heterocycles. The third-order valence-electron chi connectivity index (χ3n) is 3.61. The lowest BCUT2D eigenvalue weighted by molar-refractivity contribution is -0.119. The number of hydrogen-bond acceptors (Lipinski definition) is 4. The van der Waals surface area contributed by atoms with Crippen LogP contribution in [0.5, 0.6) is 0 Å². The number of aromatic nitrogens is 1. The lowest BCUT2D eigenvalue weighted by Crippen LogP contribution is -2.23. The van der Waals surface area contributed by atoms with Crippen LogP contribution in [-0.2, 0) is 4.79 Å². The summed E-state index contributed by atoms with van der Waals surface area (Å²) >= 11 is 0. The van der Waals surface area contributed by atoms with E-state index in [0.29, 0.717) is 11.5 Å². The Kier molecular flexibility index (Phi) is 6.01. The Morgan fingerprint density at radius 3 is 2.81 bits per heavy atom. The normalized spacial score (nSPS) is 20.7. The Morgan fingerprint density at radius 1 is 1.38 bits per heavy atom. The van der Waals surface area contributed by atoms with E-state index in [0.717, 1.165) is 30.5 Å². The van der Waals surface area contributed by atoms with Gasteiger partial charge in [0.25, 0.3) is 0 Å². The van der Waals surface area contributed by atoms with Gasteiger partial charge in [0.1, 0.15) is 5.52 Å². The Labute approximate surface area is 135 Å². The maximum atomic E-state index is 12.1. The van der Waals surface area contributed by atoms with Crippen molar-refractivity contribution < 1.29 is 9.21 Å². The highest BCUT2D eigenvalue weighted by Gasteiger charge is 2.27. The second kappa shape index (κ2) is 7.11. The summed E-state index contributed by atoms with van der Waals surface area (Å²) in [4.78, 5) is 16.3. The second-order valence-corrected chi connectivity index (χ2v) is 5.17. The molecule has 2 aromatic rings. The smallest absolute Gasteiger partial charge is 0.227 e. The lowest BCUT2D eigenvalue weighted by Gasteiger charge is -2.10. The summed E-state index contributed by atoms with van der Waals surface area (Å²) in [5.74, 6) is 0.700. The first-order valence-corrected chi connectivity index (χ1v) is 6.55. The Bertz CT molecular complexity index is 630. The summed E-state index contributed by atoms with van der Waals surface area (Å²) in [6.07, 6.45) is 2.57. The van der Waals surface area contributed by atoms with E-state index < -0.39 is 0 Å². The number of carbonyl (C=O) groups excluding carboxylic acids is 1. The average Bonchev–Trinajstić information content (AvgIpc) is 2.93. The first-order chi connectivity index (χ1) is 9.11. The van der Waals surface area contributed by atoms with E-state index in [1.165, 1.54) is 0 Å². The van der Waals surface area contributed by atoms with E-state index >= 15 is 0 Å². The molecule has 0 saturated heterocycles. The predicted molar refractivity (Wildman–Crippen MR) is 87.2 cm³/mol. The Morgan fingerprint density at radius 2 is 2.14 bits per heavy atom. The number of nitrogens with two attached hydrogens (primary N) is 1. The zero-order chi connectivity index (χ0) is 13.4. The number of anilines is 1.